The number of nitrogens with two attached hydrogens (primary N) is 1. The van der Waals surface area contributed by atoms with Crippen LogP contribution < -0.4 is 15.4 Å². The Balaban J connectivity index is 1.58. The van der Waals surface area contributed by atoms with Crippen LogP contribution in [0.5, 0.6) is 0 Å². The van der Waals surface area contributed by atoms with Gasteiger partial charge in [0.25, 0.3) is 0 Å². The van der Waals surface area contributed by atoms with E-state index in [1.807, 2.05) is 54.9 Å². The van der Waals surface area contributed by atoms with Crippen LogP contribution in [0.25, 0.3) is 10.9 Å². The Morgan fingerprint density at radius 1 is 1.16 bits per heavy atom. The smallest absolute Gasteiger partial charge is 0.229 e. The third kappa shape index (κ3) is 4.65. The summed E-state index contributed by atoms with van der Waals surface area (Å²) in [6.45, 7) is 2.04. The molecule has 3 N–H and O–H groups in total. The van der Waals surface area contributed by atoms with E-state index in [-0.39, 0.29) is 5.75 Å². The SMILES string of the molecule is Cc1c2ccc(N(C)c3ccnc(Nc4cccc(CS(N)(=O)=O)c4)n3)cc2nn1C. The quantitative estimate of drug-likeness (QED) is 0.476. The zero-order chi connectivity index (χ0) is 22.2. The second-order valence-electron chi connectivity index (χ2n) is 7.34. The molecule has 0 aliphatic carbocycles. The number of benzene rings is 2. The molecular formula is C21H23N7O2S. The number of rotatable bonds is 6. The van der Waals surface area contributed by atoms with Crippen molar-refractivity contribution in [2.75, 3.05) is 17.3 Å². The van der Waals surface area contributed by atoms with Crippen LogP contribution in [0, 0.1) is 6.92 Å². The Kier molecular flexibility index (Phi) is 5.34. The van der Waals surface area contributed by atoms with Gasteiger partial charge in [0.05, 0.1) is 11.3 Å². The predicted octanol–water partition coefficient (Wildman–Crippen LogP) is 2.97. The summed E-state index contributed by atoms with van der Waals surface area (Å²) in [6, 6.07) is 14.9. The van der Waals surface area contributed by atoms with Crippen LogP contribution in [-0.4, -0.2) is 35.2 Å². The third-order valence-corrected chi connectivity index (χ3v) is 5.77. The largest absolute Gasteiger partial charge is 0.329 e. The van der Waals surface area contributed by atoms with Gasteiger partial charge in [-0.05, 0) is 48.9 Å². The molecule has 0 atom stereocenters. The van der Waals surface area contributed by atoms with E-state index >= 15 is 0 Å². The molecule has 0 aliphatic rings. The highest BCUT2D eigenvalue weighted by atomic mass is 32.2. The zero-order valence-corrected chi connectivity index (χ0v) is 18.3. The van der Waals surface area contributed by atoms with E-state index in [1.165, 1.54) is 0 Å². The number of fused-ring (bicyclic) bond motifs is 1. The molecule has 4 rings (SSSR count). The number of nitrogens with zero attached hydrogens (tertiary/aromatic N) is 5. The van der Waals surface area contributed by atoms with Crippen LogP contribution in [0.3, 0.4) is 0 Å². The van der Waals surface area contributed by atoms with Crippen molar-refractivity contribution in [3.63, 3.8) is 0 Å². The summed E-state index contributed by atoms with van der Waals surface area (Å²) in [6.07, 6.45) is 1.67. The molecule has 0 saturated carbocycles. The normalized spacial score (nSPS) is 11.6. The molecule has 2 aromatic heterocycles. The van der Waals surface area contributed by atoms with Crippen LogP contribution in [0.4, 0.5) is 23.1 Å². The maximum atomic E-state index is 11.3. The number of anilines is 4. The lowest BCUT2D eigenvalue weighted by Gasteiger charge is -2.19. The maximum Gasteiger partial charge on any atom is 0.229 e. The minimum atomic E-state index is -3.60. The Morgan fingerprint density at radius 3 is 2.74 bits per heavy atom. The standard InChI is InChI=1S/C21H23N7O2S/c1-14-18-8-7-17(12-19(18)26-28(14)3)27(2)20-9-10-23-21(25-20)24-16-6-4-5-15(11-16)13-31(22,29)30/h4-12H,13H2,1-3H3,(H2,22,29,30)(H,23,24,25). The summed E-state index contributed by atoms with van der Waals surface area (Å²) in [5.41, 5.74) is 4.24. The van der Waals surface area contributed by atoms with Crippen LogP contribution in [0.2, 0.25) is 0 Å². The zero-order valence-electron chi connectivity index (χ0n) is 17.4. The summed E-state index contributed by atoms with van der Waals surface area (Å²) in [7, 11) is 0.251. The fourth-order valence-electron chi connectivity index (χ4n) is 3.36. The van der Waals surface area contributed by atoms with Gasteiger partial charge in [0.1, 0.15) is 5.82 Å². The number of aromatic nitrogens is 4. The first-order valence-electron chi connectivity index (χ1n) is 9.56. The molecule has 0 unspecified atom stereocenters. The Hall–Kier alpha value is -3.50. The van der Waals surface area contributed by atoms with Crippen molar-refractivity contribution in [1.82, 2.24) is 19.7 Å². The number of nitrogens with one attached hydrogen (secondary N) is 1. The van der Waals surface area contributed by atoms with Crippen molar-refractivity contribution in [3.05, 3.63) is 66.0 Å². The number of hydrogen-bond donors (Lipinski definition) is 2. The van der Waals surface area contributed by atoms with E-state index in [0.29, 0.717) is 23.0 Å². The highest BCUT2D eigenvalue weighted by Gasteiger charge is 2.11. The number of hydrogen-bond acceptors (Lipinski definition) is 7. The van der Waals surface area contributed by atoms with Crippen LogP contribution in [0.1, 0.15) is 11.3 Å². The highest BCUT2D eigenvalue weighted by molar-refractivity contribution is 7.88. The number of aryl methyl sites for hydroxylation is 2. The molecule has 4 aromatic rings. The molecule has 10 heteroatoms. The number of sulfonamides is 1. The predicted molar refractivity (Wildman–Crippen MR) is 122 cm³/mol. The van der Waals surface area contributed by atoms with Crippen LogP contribution >= 0.6 is 0 Å². The average Bonchev–Trinajstić information content (AvgIpc) is 3.00. The maximum absolute atomic E-state index is 11.3. The lowest BCUT2D eigenvalue weighted by molar-refractivity contribution is 0.597. The lowest BCUT2D eigenvalue weighted by Crippen LogP contribution is -2.14. The molecule has 0 bridgehead atoms. The van der Waals surface area contributed by atoms with Gasteiger partial charge in [-0.15, -0.1) is 0 Å². The van der Waals surface area contributed by atoms with Gasteiger partial charge >= 0.3 is 0 Å². The Morgan fingerprint density at radius 2 is 1.97 bits per heavy atom. The van der Waals surface area contributed by atoms with Crippen LogP contribution in [0.15, 0.2) is 54.7 Å². The van der Waals surface area contributed by atoms with Crippen molar-refractivity contribution >= 4 is 44.1 Å². The van der Waals surface area contributed by atoms with Gasteiger partial charge in [0.2, 0.25) is 16.0 Å². The van der Waals surface area contributed by atoms with Crippen molar-refractivity contribution in [3.8, 4) is 0 Å². The van der Waals surface area contributed by atoms with Crippen molar-refractivity contribution in [2.45, 2.75) is 12.7 Å². The van der Waals surface area contributed by atoms with Gasteiger partial charge in [-0.1, -0.05) is 12.1 Å². The van der Waals surface area contributed by atoms with Crippen LogP contribution in [-0.2, 0) is 22.8 Å². The molecule has 2 heterocycles. The van der Waals surface area contributed by atoms with Gasteiger partial charge in [0, 0.05) is 42.7 Å². The van der Waals surface area contributed by atoms with Gasteiger partial charge in [-0.2, -0.15) is 10.1 Å². The molecule has 0 spiro atoms. The fourth-order valence-corrected chi connectivity index (χ4v) is 4.00. The van der Waals surface area contributed by atoms with Crippen molar-refractivity contribution < 1.29 is 8.42 Å². The molecule has 160 valence electrons. The topological polar surface area (TPSA) is 119 Å². The minimum Gasteiger partial charge on any atom is -0.329 e. The van der Waals surface area contributed by atoms with Gasteiger partial charge < -0.3 is 10.2 Å². The second-order valence-corrected chi connectivity index (χ2v) is 8.95. The first-order chi connectivity index (χ1) is 14.7. The monoisotopic (exact) mass is 437 g/mol. The van der Waals surface area contributed by atoms with E-state index in [0.717, 1.165) is 22.3 Å². The van der Waals surface area contributed by atoms with E-state index < -0.39 is 10.0 Å². The van der Waals surface area contributed by atoms with E-state index in [1.54, 1.807) is 24.4 Å². The molecule has 9 nitrogen and oxygen atoms in total. The first kappa shape index (κ1) is 20.8. The third-order valence-electron chi connectivity index (χ3n) is 5.04. The fraction of sp³-hybridized carbons (Fsp3) is 0.190. The summed E-state index contributed by atoms with van der Waals surface area (Å²) in [4.78, 5) is 10.8. The minimum absolute atomic E-state index is 0.234. The van der Waals surface area contributed by atoms with E-state index in [2.05, 4.69) is 26.4 Å². The van der Waals surface area contributed by atoms with Gasteiger partial charge in [0.15, 0.2) is 0 Å². The Labute approximate surface area is 180 Å². The molecule has 0 aliphatic heterocycles. The Bertz CT molecular complexity index is 1370. The highest BCUT2D eigenvalue weighted by Crippen LogP contribution is 2.27. The van der Waals surface area contributed by atoms with Gasteiger partial charge in [-0.25, -0.2) is 18.5 Å². The second kappa shape index (κ2) is 7.97. The molecule has 0 fully saturated rings. The lowest BCUT2D eigenvalue weighted by atomic mass is 10.2. The van der Waals surface area contributed by atoms with Crippen molar-refractivity contribution in [2.24, 2.45) is 12.2 Å². The molecular weight excluding hydrogens is 414 g/mol. The van der Waals surface area contributed by atoms with Crippen molar-refractivity contribution in [1.29, 1.82) is 0 Å². The summed E-state index contributed by atoms with van der Waals surface area (Å²) in [5.74, 6) is 0.860. The summed E-state index contributed by atoms with van der Waals surface area (Å²) < 4.78 is 24.6. The molecule has 31 heavy (non-hydrogen) atoms. The summed E-state index contributed by atoms with van der Waals surface area (Å²) in [5, 5.41) is 13.9. The van der Waals surface area contributed by atoms with E-state index in [9.17, 15) is 8.42 Å². The number of primary sulfonamides is 1. The van der Waals surface area contributed by atoms with E-state index in [4.69, 9.17) is 5.14 Å². The molecule has 0 amide bonds. The summed E-state index contributed by atoms with van der Waals surface area (Å²) >= 11 is 0. The molecule has 0 radical (unpaired) electrons. The average molecular weight is 438 g/mol. The first-order valence-corrected chi connectivity index (χ1v) is 11.3. The molecule has 0 saturated heterocycles. The molecule has 2 aromatic carbocycles. The van der Waals surface area contributed by atoms with Gasteiger partial charge in [-0.3, -0.25) is 4.68 Å².